The number of carbonyl (C=O) groups excluding carboxylic acids is 3. The van der Waals surface area contributed by atoms with Gasteiger partial charge in [0.05, 0.1) is 24.0 Å². The average molecular weight is 470 g/mol. The Bertz CT molecular complexity index is 980. The van der Waals surface area contributed by atoms with Crippen LogP contribution in [-0.4, -0.2) is 62.4 Å². The van der Waals surface area contributed by atoms with Gasteiger partial charge in [0.1, 0.15) is 6.54 Å². The minimum absolute atomic E-state index is 0.0116. The molecule has 1 heterocycles. The van der Waals surface area contributed by atoms with Crippen LogP contribution in [0.4, 0.5) is 9.18 Å². The average Bonchev–Trinajstić information content (AvgIpc) is 3.49. The summed E-state index contributed by atoms with van der Waals surface area (Å²) >= 11 is 0. The van der Waals surface area contributed by atoms with Gasteiger partial charge >= 0.3 is 6.03 Å². The molecule has 4 amide bonds. The predicted molar refractivity (Wildman–Crippen MR) is 114 cm³/mol. The van der Waals surface area contributed by atoms with Crippen molar-refractivity contribution in [2.45, 2.75) is 38.0 Å². The third-order valence-electron chi connectivity index (χ3n) is 5.54. The number of halogens is 1. The number of amides is 4. The summed E-state index contributed by atoms with van der Waals surface area (Å²) in [6.45, 7) is 0.759. The van der Waals surface area contributed by atoms with Gasteiger partial charge in [0.25, 0.3) is 0 Å². The van der Waals surface area contributed by atoms with Gasteiger partial charge in [-0.2, -0.15) is 0 Å². The Morgan fingerprint density at radius 2 is 2.00 bits per heavy atom. The molecule has 0 bridgehead atoms. The van der Waals surface area contributed by atoms with Gasteiger partial charge in [-0.3, -0.25) is 14.9 Å². The second-order valence-electron chi connectivity index (χ2n) is 8.35. The van der Waals surface area contributed by atoms with Crippen molar-refractivity contribution in [2.24, 2.45) is 11.7 Å². The van der Waals surface area contributed by atoms with Crippen LogP contribution in [0.5, 0.6) is 5.75 Å². The van der Waals surface area contributed by atoms with Crippen LogP contribution in [-0.2, 0) is 19.4 Å². The molecule has 176 valence electrons. The molecule has 1 aliphatic carbocycles. The summed E-state index contributed by atoms with van der Waals surface area (Å²) in [5.41, 5.74) is 5.76. The van der Waals surface area contributed by atoms with E-state index in [-0.39, 0.29) is 24.0 Å². The molecule has 3 N–H and O–H groups in total. The highest BCUT2D eigenvalue weighted by atomic mass is 32.2. The molecule has 2 aliphatic rings. The van der Waals surface area contributed by atoms with Gasteiger partial charge < -0.3 is 15.4 Å². The van der Waals surface area contributed by atoms with Gasteiger partial charge in [-0.25, -0.2) is 17.6 Å². The quantitative estimate of drug-likeness (QED) is 0.330. The zero-order valence-corrected chi connectivity index (χ0v) is 18.5. The molecule has 1 aromatic carbocycles. The number of nitrogens with two attached hydrogens (primary N) is 1. The molecule has 2 fully saturated rings. The van der Waals surface area contributed by atoms with Crippen LogP contribution in [0.3, 0.4) is 0 Å². The monoisotopic (exact) mass is 469 g/mol. The van der Waals surface area contributed by atoms with E-state index in [9.17, 15) is 27.2 Å². The van der Waals surface area contributed by atoms with Gasteiger partial charge in [0.15, 0.2) is 21.4 Å². The number of rotatable bonds is 13. The van der Waals surface area contributed by atoms with Crippen LogP contribution >= 0.6 is 0 Å². The highest BCUT2D eigenvalue weighted by Crippen LogP contribution is 2.31. The lowest BCUT2D eigenvalue weighted by molar-refractivity contribution is -0.119. The molecule has 0 unspecified atom stereocenters. The smallest absolute Gasteiger partial charge is 0.324 e. The predicted octanol–water partition coefficient (Wildman–Crippen LogP) is 1.32. The first-order valence-electron chi connectivity index (χ1n) is 10.7. The summed E-state index contributed by atoms with van der Waals surface area (Å²) in [6.07, 6.45) is 3.50. The molecule has 3 rings (SSSR count). The molecule has 1 aromatic rings. The minimum Gasteiger partial charge on any atom is -0.490 e. The first kappa shape index (κ1) is 24.0. The van der Waals surface area contributed by atoms with Crippen LogP contribution in [0, 0.1) is 11.7 Å². The summed E-state index contributed by atoms with van der Waals surface area (Å²) < 4.78 is 44.7. The maximum atomic E-state index is 14.0. The number of carbonyl (C=O) groups is 3. The van der Waals surface area contributed by atoms with E-state index in [1.807, 2.05) is 0 Å². The maximum absolute atomic E-state index is 14.0. The summed E-state index contributed by atoms with van der Waals surface area (Å²) in [4.78, 5) is 36.0. The Hall–Kier alpha value is -2.69. The van der Waals surface area contributed by atoms with Crippen LogP contribution < -0.4 is 15.8 Å². The van der Waals surface area contributed by atoms with Crippen LogP contribution in [0.25, 0.3) is 0 Å². The van der Waals surface area contributed by atoms with Crippen LogP contribution in [0.15, 0.2) is 18.2 Å². The van der Waals surface area contributed by atoms with Crippen molar-refractivity contribution in [1.29, 1.82) is 0 Å². The van der Waals surface area contributed by atoms with E-state index in [1.165, 1.54) is 17.0 Å². The van der Waals surface area contributed by atoms with E-state index in [4.69, 9.17) is 10.5 Å². The standard InChI is InChI=1S/C21H28FN3O6S/c22-17-7-6-15(10-18(17)31-12-14-4-5-14)16(20(23)27)13-32(29,30)9-3-1-2-8-25-11-19(26)24-21(25)28/h6-7,10,14,16H,1-5,8-9,11-13H2,(H2,23,27)(H,24,26,28)/t16-/m0/s1. The second-order valence-corrected chi connectivity index (χ2v) is 10.6. The van der Waals surface area contributed by atoms with E-state index in [0.717, 1.165) is 18.9 Å². The fourth-order valence-corrected chi connectivity index (χ4v) is 5.16. The molecular weight excluding hydrogens is 441 g/mol. The Balaban J connectivity index is 1.51. The topological polar surface area (TPSA) is 136 Å². The molecule has 1 aliphatic heterocycles. The van der Waals surface area contributed by atoms with E-state index in [1.54, 1.807) is 0 Å². The number of hydrogen-bond acceptors (Lipinski definition) is 6. The molecule has 1 saturated carbocycles. The SMILES string of the molecule is NC(=O)[C@@H](CS(=O)(=O)CCCCCN1CC(=O)NC1=O)c1ccc(F)c(OCC2CC2)c1. The lowest BCUT2D eigenvalue weighted by Crippen LogP contribution is -2.29. The van der Waals surface area contributed by atoms with Crippen molar-refractivity contribution in [3.05, 3.63) is 29.6 Å². The number of nitrogens with one attached hydrogen (secondary N) is 1. The third-order valence-corrected chi connectivity index (χ3v) is 7.30. The van der Waals surface area contributed by atoms with Crippen LogP contribution in [0.2, 0.25) is 0 Å². The Morgan fingerprint density at radius 3 is 2.62 bits per heavy atom. The Morgan fingerprint density at radius 1 is 1.25 bits per heavy atom. The van der Waals surface area contributed by atoms with E-state index >= 15 is 0 Å². The van der Waals surface area contributed by atoms with Crippen molar-refractivity contribution < 1.29 is 31.9 Å². The van der Waals surface area contributed by atoms with Crippen molar-refractivity contribution in [1.82, 2.24) is 10.2 Å². The second kappa shape index (κ2) is 10.3. The number of unbranched alkanes of at least 4 members (excludes halogenated alkanes) is 2. The highest BCUT2D eigenvalue weighted by molar-refractivity contribution is 7.91. The number of ether oxygens (including phenoxy) is 1. The summed E-state index contributed by atoms with van der Waals surface area (Å²) in [7, 11) is -3.61. The summed E-state index contributed by atoms with van der Waals surface area (Å²) in [6, 6.07) is 3.42. The highest BCUT2D eigenvalue weighted by Gasteiger charge is 2.28. The summed E-state index contributed by atoms with van der Waals surface area (Å²) in [5, 5.41) is 2.18. The number of urea groups is 1. The number of benzene rings is 1. The number of imide groups is 1. The van der Waals surface area contributed by atoms with Gasteiger partial charge in [-0.05, 0) is 49.3 Å². The number of sulfone groups is 1. The fourth-order valence-electron chi connectivity index (χ4n) is 3.48. The molecule has 1 saturated heterocycles. The first-order chi connectivity index (χ1) is 15.1. The van der Waals surface area contributed by atoms with E-state index in [2.05, 4.69) is 5.32 Å². The maximum Gasteiger partial charge on any atom is 0.324 e. The molecular formula is C21H28FN3O6S. The number of nitrogens with zero attached hydrogens (tertiary/aromatic N) is 1. The first-order valence-corrected chi connectivity index (χ1v) is 12.5. The zero-order valence-electron chi connectivity index (χ0n) is 17.7. The van der Waals surface area contributed by atoms with E-state index in [0.29, 0.717) is 43.9 Å². The molecule has 0 spiro atoms. The lowest BCUT2D eigenvalue weighted by Gasteiger charge is -2.16. The largest absolute Gasteiger partial charge is 0.490 e. The van der Waals surface area contributed by atoms with Crippen LogP contribution in [0.1, 0.15) is 43.6 Å². The number of primary amides is 1. The van der Waals surface area contributed by atoms with Crippen molar-refractivity contribution >= 4 is 27.7 Å². The zero-order chi connectivity index (χ0) is 23.3. The Labute approximate surface area is 186 Å². The fraction of sp³-hybridized carbons (Fsp3) is 0.571. The lowest BCUT2D eigenvalue weighted by atomic mass is 10.00. The van der Waals surface area contributed by atoms with Gasteiger partial charge in [0, 0.05) is 6.54 Å². The van der Waals surface area contributed by atoms with Gasteiger partial charge in [-0.1, -0.05) is 12.5 Å². The molecule has 9 nitrogen and oxygen atoms in total. The van der Waals surface area contributed by atoms with Crippen molar-refractivity contribution in [2.75, 3.05) is 31.2 Å². The minimum atomic E-state index is -3.61. The van der Waals surface area contributed by atoms with E-state index < -0.39 is 39.3 Å². The molecule has 0 radical (unpaired) electrons. The van der Waals surface area contributed by atoms with Gasteiger partial charge in [0.2, 0.25) is 11.8 Å². The molecule has 1 atom stereocenters. The normalized spacial score (nSPS) is 17.3. The molecule has 32 heavy (non-hydrogen) atoms. The Kier molecular flexibility index (Phi) is 7.70. The molecule has 11 heteroatoms. The van der Waals surface area contributed by atoms with Gasteiger partial charge in [-0.15, -0.1) is 0 Å². The van der Waals surface area contributed by atoms with Crippen molar-refractivity contribution in [3.8, 4) is 5.75 Å². The van der Waals surface area contributed by atoms with Crippen molar-refractivity contribution in [3.63, 3.8) is 0 Å². The number of hydrogen-bond donors (Lipinski definition) is 2. The molecule has 0 aromatic heterocycles. The summed E-state index contributed by atoms with van der Waals surface area (Å²) in [5.74, 6) is -3.06. The third kappa shape index (κ3) is 6.91.